The van der Waals surface area contributed by atoms with Crippen LogP contribution in [0, 0.1) is 0 Å². The monoisotopic (exact) mass is 332 g/mol. The Morgan fingerprint density at radius 2 is 2.26 bits per heavy atom. The Kier molecular flexibility index (Phi) is 3.78. The number of carbonyl (C=O) groups excluding carboxylic acids is 1. The number of hydrogen-bond acceptors (Lipinski definition) is 5. The van der Waals surface area contributed by atoms with E-state index in [0.29, 0.717) is 6.04 Å². The van der Waals surface area contributed by atoms with E-state index in [0.717, 1.165) is 56.5 Å². The van der Waals surface area contributed by atoms with Crippen LogP contribution in [0.2, 0.25) is 0 Å². The highest BCUT2D eigenvalue weighted by atomic mass is 32.1. The normalized spacial score (nSPS) is 18.6. The Morgan fingerprint density at radius 1 is 1.39 bits per heavy atom. The van der Waals surface area contributed by atoms with E-state index in [-0.39, 0.29) is 6.03 Å². The third-order valence-electron chi connectivity index (χ3n) is 4.61. The first-order valence-corrected chi connectivity index (χ1v) is 8.92. The highest BCUT2D eigenvalue weighted by molar-refractivity contribution is 7.08. The summed E-state index contributed by atoms with van der Waals surface area (Å²) in [5, 5.41) is 15.4. The lowest BCUT2D eigenvalue weighted by atomic mass is 10.1. The van der Waals surface area contributed by atoms with Crippen molar-refractivity contribution in [2.75, 3.05) is 25.0 Å². The van der Waals surface area contributed by atoms with Gasteiger partial charge in [-0.05, 0) is 11.4 Å². The van der Waals surface area contributed by atoms with Gasteiger partial charge >= 0.3 is 6.03 Å². The van der Waals surface area contributed by atoms with Gasteiger partial charge in [-0.15, -0.1) is 10.2 Å². The average Bonchev–Trinajstić information content (AvgIpc) is 3.14. The number of nitrogens with one attached hydrogen (secondary N) is 1. The molecule has 122 valence electrons. The van der Waals surface area contributed by atoms with Gasteiger partial charge in [-0.1, -0.05) is 6.92 Å². The summed E-state index contributed by atoms with van der Waals surface area (Å²) in [6.45, 7) is 6.46. The summed E-state index contributed by atoms with van der Waals surface area (Å²) in [5.74, 6) is 2.12. The van der Waals surface area contributed by atoms with Gasteiger partial charge in [-0.25, -0.2) is 4.79 Å². The third kappa shape index (κ3) is 2.72. The lowest BCUT2D eigenvalue weighted by Crippen LogP contribution is -2.62. The van der Waals surface area contributed by atoms with Crippen LogP contribution in [0.4, 0.5) is 10.5 Å². The standard InChI is InChI=1S/C15H20N6OS/c1-2-13-17-18-14-9-19(4-5-21(13)14)12-7-20(8-12)15(22)16-11-3-6-23-10-11/h3,6,10,12H,2,4-5,7-9H2,1H3,(H,16,22). The van der Waals surface area contributed by atoms with Crippen LogP contribution >= 0.6 is 11.3 Å². The van der Waals surface area contributed by atoms with Crippen molar-refractivity contribution >= 4 is 23.1 Å². The zero-order valence-electron chi connectivity index (χ0n) is 13.1. The minimum atomic E-state index is -0.00639. The number of urea groups is 1. The summed E-state index contributed by atoms with van der Waals surface area (Å²) in [5.41, 5.74) is 0.876. The Morgan fingerprint density at radius 3 is 3.00 bits per heavy atom. The Labute approximate surface area is 138 Å². The van der Waals surface area contributed by atoms with Crippen LogP contribution in [0.5, 0.6) is 0 Å². The topological polar surface area (TPSA) is 66.3 Å². The average molecular weight is 332 g/mol. The van der Waals surface area contributed by atoms with Crippen molar-refractivity contribution in [1.29, 1.82) is 0 Å². The summed E-state index contributed by atoms with van der Waals surface area (Å²) < 4.78 is 2.23. The van der Waals surface area contributed by atoms with Crippen molar-refractivity contribution in [3.8, 4) is 0 Å². The van der Waals surface area contributed by atoms with Gasteiger partial charge in [0.05, 0.1) is 12.2 Å². The van der Waals surface area contributed by atoms with Crippen LogP contribution in [-0.2, 0) is 19.5 Å². The van der Waals surface area contributed by atoms with Gasteiger partial charge in [-0.2, -0.15) is 11.3 Å². The van der Waals surface area contributed by atoms with Crippen molar-refractivity contribution in [3.63, 3.8) is 0 Å². The summed E-state index contributed by atoms with van der Waals surface area (Å²) in [6.07, 6.45) is 0.924. The second kappa shape index (κ2) is 5.93. The molecule has 7 nitrogen and oxygen atoms in total. The number of anilines is 1. The number of aryl methyl sites for hydroxylation is 1. The molecule has 1 saturated heterocycles. The Balaban J connectivity index is 1.31. The SMILES string of the molecule is CCc1nnc2n1CCN(C1CN(C(=O)Nc3ccsc3)C1)C2. The first-order chi connectivity index (χ1) is 11.2. The summed E-state index contributed by atoms with van der Waals surface area (Å²) in [7, 11) is 0. The van der Waals surface area contributed by atoms with E-state index in [1.54, 1.807) is 11.3 Å². The molecule has 1 N–H and O–H groups in total. The molecular weight excluding hydrogens is 312 g/mol. The zero-order chi connectivity index (χ0) is 15.8. The molecule has 2 amide bonds. The molecule has 2 aliphatic rings. The van der Waals surface area contributed by atoms with Gasteiger partial charge in [0.25, 0.3) is 0 Å². The Hall–Kier alpha value is -1.93. The quantitative estimate of drug-likeness (QED) is 0.928. The predicted octanol–water partition coefficient (Wildman–Crippen LogP) is 1.63. The van der Waals surface area contributed by atoms with Crippen LogP contribution in [0.25, 0.3) is 0 Å². The van der Waals surface area contributed by atoms with E-state index in [1.165, 1.54) is 0 Å². The summed E-state index contributed by atoms with van der Waals surface area (Å²) in [6, 6.07) is 2.34. The van der Waals surface area contributed by atoms with Crippen molar-refractivity contribution in [1.82, 2.24) is 24.6 Å². The van der Waals surface area contributed by atoms with E-state index in [2.05, 4.69) is 31.9 Å². The number of carbonyl (C=O) groups is 1. The molecule has 4 heterocycles. The second-order valence-electron chi connectivity index (χ2n) is 6.01. The van der Waals surface area contributed by atoms with Gasteiger partial charge in [-0.3, -0.25) is 4.90 Å². The minimum Gasteiger partial charge on any atom is -0.321 e. The maximum atomic E-state index is 12.1. The number of fused-ring (bicyclic) bond motifs is 1. The van der Waals surface area contributed by atoms with E-state index >= 15 is 0 Å². The summed E-state index contributed by atoms with van der Waals surface area (Å²) in [4.78, 5) is 16.4. The van der Waals surface area contributed by atoms with Gasteiger partial charge in [0.1, 0.15) is 11.6 Å². The third-order valence-corrected chi connectivity index (χ3v) is 5.30. The second-order valence-corrected chi connectivity index (χ2v) is 6.79. The lowest BCUT2D eigenvalue weighted by Gasteiger charge is -2.46. The van der Waals surface area contributed by atoms with Gasteiger partial charge in [0.2, 0.25) is 0 Å². The number of likely N-dealkylation sites (tertiary alicyclic amines) is 1. The molecule has 1 fully saturated rings. The van der Waals surface area contributed by atoms with Crippen LogP contribution in [0.3, 0.4) is 0 Å². The Bertz CT molecular complexity index is 691. The van der Waals surface area contributed by atoms with E-state index < -0.39 is 0 Å². The van der Waals surface area contributed by atoms with E-state index in [4.69, 9.17) is 0 Å². The van der Waals surface area contributed by atoms with Crippen LogP contribution in [0.15, 0.2) is 16.8 Å². The number of thiophene rings is 1. The molecule has 8 heteroatoms. The maximum Gasteiger partial charge on any atom is 0.321 e. The molecule has 0 saturated carbocycles. The largest absolute Gasteiger partial charge is 0.321 e. The fraction of sp³-hybridized carbons (Fsp3) is 0.533. The molecular formula is C15H20N6OS. The molecule has 0 aliphatic carbocycles. The van der Waals surface area contributed by atoms with Crippen molar-refractivity contribution in [3.05, 3.63) is 28.5 Å². The van der Waals surface area contributed by atoms with Crippen molar-refractivity contribution in [2.24, 2.45) is 0 Å². The molecule has 0 bridgehead atoms. The van der Waals surface area contributed by atoms with Crippen LogP contribution in [-0.4, -0.2) is 56.3 Å². The molecule has 0 unspecified atom stereocenters. The first-order valence-electron chi connectivity index (χ1n) is 7.97. The number of aromatic nitrogens is 3. The maximum absolute atomic E-state index is 12.1. The molecule has 2 aromatic heterocycles. The van der Waals surface area contributed by atoms with Gasteiger partial charge in [0, 0.05) is 44.0 Å². The lowest BCUT2D eigenvalue weighted by molar-refractivity contribution is 0.0428. The van der Waals surface area contributed by atoms with E-state index in [9.17, 15) is 4.79 Å². The first kappa shape index (κ1) is 14.6. The number of nitrogens with zero attached hydrogens (tertiary/aromatic N) is 5. The number of rotatable bonds is 3. The van der Waals surface area contributed by atoms with Crippen LogP contribution < -0.4 is 5.32 Å². The fourth-order valence-corrected chi connectivity index (χ4v) is 3.79. The zero-order valence-corrected chi connectivity index (χ0v) is 13.9. The molecule has 0 radical (unpaired) electrons. The fourth-order valence-electron chi connectivity index (χ4n) is 3.20. The molecule has 2 aromatic rings. The molecule has 2 aliphatic heterocycles. The highest BCUT2D eigenvalue weighted by Gasteiger charge is 2.36. The van der Waals surface area contributed by atoms with Crippen LogP contribution in [0.1, 0.15) is 18.6 Å². The molecule has 0 spiro atoms. The molecule has 0 aromatic carbocycles. The van der Waals surface area contributed by atoms with Crippen molar-refractivity contribution in [2.45, 2.75) is 32.5 Å². The highest BCUT2D eigenvalue weighted by Crippen LogP contribution is 2.22. The van der Waals surface area contributed by atoms with E-state index in [1.807, 2.05) is 21.7 Å². The summed E-state index contributed by atoms with van der Waals surface area (Å²) >= 11 is 1.58. The van der Waals surface area contributed by atoms with Gasteiger partial charge < -0.3 is 14.8 Å². The minimum absolute atomic E-state index is 0.00639. The number of hydrogen-bond donors (Lipinski definition) is 1. The smallest absolute Gasteiger partial charge is 0.321 e. The molecule has 23 heavy (non-hydrogen) atoms. The predicted molar refractivity (Wildman–Crippen MR) is 88.5 cm³/mol. The number of amides is 2. The molecule has 4 rings (SSSR count). The molecule has 0 atom stereocenters. The van der Waals surface area contributed by atoms with Gasteiger partial charge in [0.15, 0.2) is 0 Å². The van der Waals surface area contributed by atoms with Crippen molar-refractivity contribution < 1.29 is 4.79 Å².